The standard InChI is InChI=1S/C15H22N2/c1-12-7-9-13(10-8-12)11-17-15-6-4-3-5-14(15)16-2/h3-6,11-13,16H,7-10H2,1-2H3. The van der Waals surface area contributed by atoms with Crippen LogP contribution >= 0.6 is 0 Å². The van der Waals surface area contributed by atoms with E-state index in [1.54, 1.807) is 0 Å². The van der Waals surface area contributed by atoms with E-state index in [0.29, 0.717) is 5.92 Å². The monoisotopic (exact) mass is 230 g/mol. The summed E-state index contributed by atoms with van der Waals surface area (Å²) in [6.45, 7) is 2.35. The SMILES string of the molecule is CNc1ccccc1N=CC1CCC(C)CC1. The predicted molar refractivity (Wildman–Crippen MR) is 75.3 cm³/mol. The number of hydrogen-bond donors (Lipinski definition) is 1. The summed E-state index contributed by atoms with van der Waals surface area (Å²) in [6, 6.07) is 8.20. The molecule has 1 saturated carbocycles. The Bertz CT molecular complexity index is 376. The average Bonchev–Trinajstić information content (AvgIpc) is 2.38. The summed E-state index contributed by atoms with van der Waals surface area (Å²) < 4.78 is 0. The molecule has 1 fully saturated rings. The van der Waals surface area contributed by atoms with E-state index in [4.69, 9.17) is 0 Å². The third-order valence-corrected chi connectivity index (χ3v) is 3.66. The molecule has 0 saturated heterocycles. The maximum Gasteiger partial charge on any atom is 0.0857 e. The van der Waals surface area contributed by atoms with Gasteiger partial charge in [0.2, 0.25) is 0 Å². The van der Waals surface area contributed by atoms with Gasteiger partial charge < -0.3 is 5.32 Å². The fourth-order valence-electron chi connectivity index (χ4n) is 2.42. The second kappa shape index (κ2) is 5.85. The van der Waals surface area contributed by atoms with E-state index in [1.165, 1.54) is 25.7 Å². The summed E-state index contributed by atoms with van der Waals surface area (Å²) in [5.74, 6) is 1.58. The molecule has 17 heavy (non-hydrogen) atoms. The van der Waals surface area contributed by atoms with Gasteiger partial charge in [0.25, 0.3) is 0 Å². The van der Waals surface area contributed by atoms with Crippen LogP contribution in [0.5, 0.6) is 0 Å². The first-order chi connectivity index (χ1) is 8.29. The molecule has 1 aromatic carbocycles. The van der Waals surface area contributed by atoms with Gasteiger partial charge in [0.1, 0.15) is 0 Å². The summed E-state index contributed by atoms with van der Waals surface area (Å²) in [6.07, 6.45) is 7.45. The van der Waals surface area contributed by atoms with E-state index in [1.807, 2.05) is 19.2 Å². The highest BCUT2D eigenvalue weighted by Gasteiger charge is 2.16. The fourth-order valence-corrected chi connectivity index (χ4v) is 2.42. The lowest BCUT2D eigenvalue weighted by atomic mass is 9.84. The van der Waals surface area contributed by atoms with Crippen LogP contribution in [0.15, 0.2) is 29.3 Å². The van der Waals surface area contributed by atoms with Gasteiger partial charge in [-0.05, 0) is 36.8 Å². The molecule has 2 heteroatoms. The largest absolute Gasteiger partial charge is 0.386 e. The second-order valence-electron chi connectivity index (χ2n) is 5.07. The quantitative estimate of drug-likeness (QED) is 0.771. The Hall–Kier alpha value is -1.31. The molecule has 1 aromatic rings. The molecule has 1 aliphatic carbocycles. The number of nitrogens with one attached hydrogen (secondary N) is 1. The van der Waals surface area contributed by atoms with Crippen molar-refractivity contribution in [2.45, 2.75) is 32.6 Å². The summed E-state index contributed by atoms with van der Waals surface area (Å²) in [4.78, 5) is 4.64. The third-order valence-electron chi connectivity index (χ3n) is 3.66. The van der Waals surface area contributed by atoms with Crippen LogP contribution in [0.4, 0.5) is 11.4 Å². The van der Waals surface area contributed by atoms with Crippen LogP contribution in [0.2, 0.25) is 0 Å². The van der Waals surface area contributed by atoms with Crippen molar-refractivity contribution < 1.29 is 0 Å². The average molecular weight is 230 g/mol. The number of hydrogen-bond acceptors (Lipinski definition) is 2. The van der Waals surface area contributed by atoms with E-state index in [9.17, 15) is 0 Å². The number of nitrogens with zero attached hydrogens (tertiary/aromatic N) is 1. The molecule has 0 bridgehead atoms. The lowest BCUT2D eigenvalue weighted by molar-refractivity contribution is 0.347. The Morgan fingerprint density at radius 3 is 2.59 bits per heavy atom. The minimum absolute atomic E-state index is 0.677. The highest BCUT2D eigenvalue weighted by molar-refractivity contribution is 5.73. The summed E-state index contributed by atoms with van der Waals surface area (Å²) in [5.41, 5.74) is 2.15. The van der Waals surface area contributed by atoms with Gasteiger partial charge in [-0.3, -0.25) is 4.99 Å². The normalized spacial score (nSPS) is 25.1. The predicted octanol–water partition coefficient (Wildman–Crippen LogP) is 4.26. The van der Waals surface area contributed by atoms with Gasteiger partial charge >= 0.3 is 0 Å². The number of anilines is 1. The fraction of sp³-hybridized carbons (Fsp3) is 0.533. The van der Waals surface area contributed by atoms with Gasteiger partial charge in [0.15, 0.2) is 0 Å². The third kappa shape index (κ3) is 3.32. The van der Waals surface area contributed by atoms with Crippen LogP contribution in [-0.4, -0.2) is 13.3 Å². The Morgan fingerprint density at radius 1 is 1.18 bits per heavy atom. The molecule has 0 radical (unpaired) electrons. The summed E-state index contributed by atoms with van der Waals surface area (Å²) >= 11 is 0. The first-order valence-corrected chi connectivity index (χ1v) is 6.60. The number of aliphatic imine (C=N–C) groups is 1. The molecular weight excluding hydrogens is 208 g/mol. The van der Waals surface area contributed by atoms with Crippen molar-refractivity contribution in [3.63, 3.8) is 0 Å². The lowest BCUT2D eigenvalue weighted by Gasteiger charge is -2.23. The molecule has 0 unspecified atom stereocenters. The van der Waals surface area contributed by atoms with E-state index >= 15 is 0 Å². The molecule has 0 aromatic heterocycles. The Balaban J connectivity index is 2.00. The second-order valence-corrected chi connectivity index (χ2v) is 5.07. The van der Waals surface area contributed by atoms with E-state index in [2.05, 4.69) is 35.6 Å². The molecule has 0 amide bonds. The van der Waals surface area contributed by atoms with Crippen LogP contribution in [-0.2, 0) is 0 Å². The van der Waals surface area contributed by atoms with Crippen molar-refractivity contribution >= 4 is 17.6 Å². The van der Waals surface area contributed by atoms with Gasteiger partial charge in [0, 0.05) is 13.3 Å². The molecule has 1 aliphatic rings. The molecule has 1 N–H and O–H groups in total. The summed E-state index contributed by atoms with van der Waals surface area (Å²) in [7, 11) is 1.94. The maximum atomic E-state index is 4.64. The molecule has 2 rings (SSSR count). The Morgan fingerprint density at radius 2 is 1.88 bits per heavy atom. The van der Waals surface area contributed by atoms with Gasteiger partial charge in [-0.25, -0.2) is 0 Å². The topological polar surface area (TPSA) is 24.4 Å². The minimum Gasteiger partial charge on any atom is -0.386 e. The van der Waals surface area contributed by atoms with Gasteiger partial charge in [-0.2, -0.15) is 0 Å². The minimum atomic E-state index is 0.677. The lowest BCUT2D eigenvalue weighted by Crippen LogP contribution is -2.12. The molecule has 2 nitrogen and oxygen atoms in total. The van der Waals surface area contributed by atoms with Crippen LogP contribution in [0, 0.1) is 11.8 Å². The van der Waals surface area contributed by atoms with Gasteiger partial charge in [0.05, 0.1) is 11.4 Å². The molecule has 0 atom stereocenters. The highest BCUT2D eigenvalue weighted by Crippen LogP contribution is 2.29. The van der Waals surface area contributed by atoms with Crippen LogP contribution in [0.3, 0.4) is 0 Å². The zero-order valence-electron chi connectivity index (χ0n) is 10.8. The maximum absolute atomic E-state index is 4.64. The Labute approximate surface area is 104 Å². The molecule has 0 spiro atoms. The van der Waals surface area contributed by atoms with Crippen molar-refractivity contribution in [1.29, 1.82) is 0 Å². The van der Waals surface area contributed by atoms with Crippen molar-refractivity contribution in [2.24, 2.45) is 16.8 Å². The van der Waals surface area contributed by atoms with Crippen molar-refractivity contribution in [2.75, 3.05) is 12.4 Å². The summed E-state index contributed by atoms with van der Waals surface area (Å²) in [5, 5.41) is 3.18. The van der Waals surface area contributed by atoms with Gasteiger partial charge in [-0.1, -0.05) is 31.9 Å². The van der Waals surface area contributed by atoms with Crippen molar-refractivity contribution in [1.82, 2.24) is 0 Å². The highest BCUT2D eigenvalue weighted by atomic mass is 14.9. The zero-order chi connectivity index (χ0) is 12.1. The number of rotatable bonds is 3. The van der Waals surface area contributed by atoms with E-state index in [0.717, 1.165) is 17.3 Å². The van der Waals surface area contributed by atoms with Crippen LogP contribution in [0.1, 0.15) is 32.6 Å². The molecule has 0 aliphatic heterocycles. The Kier molecular flexibility index (Phi) is 4.18. The van der Waals surface area contributed by atoms with Crippen LogP contribution in [0.25, 0.3) is 0 Å². The first-order valence-electron chi connectivity index (χ1n) is 6.60. The molecule has 92 valence electrons. The van der Waals surface area contributed by atoms with Gasteiger partial charge in [-0.15, -0.1) is 0 Å². The number of para-hydroxylation sites is 2. The van der Waals surface area contributed by atoms with Crippen molar-refractivity contribution in [3.05, 3.63) is 24.3 Å². The van der Waals surface area contributed by atoms with Crippen LogP contribution < -0.4 is 5.32 Å². The number of benzene rings is 1. The molecule has 0 heterocycles. The van der Waals surface area contributed by atoms with E-state index in [-0.39, 0.29) is 0 Å². The first kappa shape index (κ1) is 12.2. The smallest absolute Gasteiger partial charge is 0.0857 e. The molecular formula is C15H22N2. The zero-order valence-corrected chi connectivity index (χ0v) is 10.8. The van der Waals surface area contributed by atoms with Crippen molar-refractivity contribution in [3.8, 4) is 0 Å². The van der Waals surface area contributed by atoms with E-state index < -0.39 is 0 Å².